The maximum absolute atomic E-state index is 4.98. The average Bonchev–Trinajstić information content (AvgIpc) is 3.68. The molecule has 0 saturated carbocycles. The number of rotatable bonds is 8. The lowest BCUT2D eigenvalue weighted by molar-refractivity contribution is 0.206. The van der Waals surface area contributed by atoms with Gasteiger partial charge in [0.2, 0.25) is 0 Å². The smallest absolute Gasteiger partial charge is 0.0513 e. The monoisotopic (exact) mass is 793 g/mol. The van der Waals surface area contributed by atoms with Crippen molar-refractivity contribution >= 4 is 15.9 Å². The Balaban J connectivity index is 0.000000431. The van der Waals surface area contributed by atoms with Gasteiger partial charge in [-0.15, -0.1) is 19.7 Å². The summed E-state index contributed by atoms with van der Waals surface area (Å²) in [5.41, 5.74) is 9.79. The van der Waals surface area contributed by atoms with E-state index in [1.165, 1.54) is 140 Å². The summed E-state index contributed by atoms with van der Waals surface area (Å²) in [5, 5.41) is 3.53. The van der Waals surface area contributed by atoms with E-state index in [4.69, 9.17) is 4.98 Å². The summed E-state index contributed by atoms with van der Waals surface area (Å²) in [5.74, 6) is 1.97. The average molecular weight is 794 g/mol. The minimum Gasteiger partial charge on any atom is -0.374 e. The summed E-state index contributed by atoms with van der Waals surface area (Å²) in [6.45, 7) is 36.9. The maximum Gasteiger partial charge on any atom is 0.0513 e. The molecular formula is C48H81BrN4. The van der Waals surface area contributed by atoms with Crippen LogP contribution in [0.3, 0.4) is 0 Å². The van der Waals surface area contributed by atoms with Gasteiger partial charge in [0.15, 0.2) is 0 Å². The van der Waals surface area contributed by atoms with Crippen LogP contribution in [-0.4, -0.2) is 60.6 Å². The van der Waals surface area contributed by atoms with Gasteiger partial charge in [0.1, 0.15) is 0 Å². The van der Waals surface area contributed by atoms with Gasteiger partial charge in [0, 0.05) is 41.4 Å². The van der Waals surface area contributed by atoms with Crippen molar-refractivity contribution in [3.63, 3.8) is 0 Å². The molecule has 0 amide bonds. The molecule has 6 rings (SSSR count). The predicted octanol–water partition coefficient (Wildman–Crippen LogP) is 13.0. The molecule has 0 bridgehead atoms. The van der Waals surface area contributed by atoms with E-state index in [2.05, 4.69) is 123 Å². The number of nitrogens with one attached hydrogen (secondary N) is 1. The van der Waals surface area contributed by atoms with Crippen LogP contribution >= 0.6 is 15.9 Å². The van der Waals surface area contributed by atoms with Crippen LogP contribution in [0.2, 0.25) is 0 Å². The van der Waals surface area contributed by atoms with Crippen molar-refractivity contribution in [2.24, 2.45) is 11.8 Å². The van der Waals surface area contributed by atoms with Crippen LogP contribution in [0, 0.1) is 25.7 Å². The summed E-state index contributed by atoms with van der Waals surface area (Å²) >= 11 is 3.91. The molecule has 300 valence electrons. The molecule has 2 aromatic rings. The molecule has 4 heterocycles. The summed E-state index contributed by atoms with van der Waals surface area (Å²) in [7, 11) is 2.24. The third-order valence-electron chi connectivity index (χ3n) is 10.9. The van der Waals surface area contributed by atoms with Crippen LogP contribution in [0.25, 0.3) is 0 Å². The van der Waals surface area contributed by atoms with Crippen molar-refractivity contribution < 1.29 is 0 Å². The van der Waals surface area contributed by atoms with Gasteiger partial charge in [-0.05, 0) is 144 Å². The minimum atomic E-state index is 0.428. The standard InChI is InChI=1S/C22H27BrN2.C14H24N2.C6H14.2C2H6.C2H4/c1-14-10-17-4-5-18-11-15(2)13-24-22(18)21(20(17)19(23)12-14)16-6-8-25(3)9-7-16;1-3-5-13-7-10-16(11-8-13)12(2)14-6-4-9-15-14;1-3-5-6-4-2;3*1-2/h10-13,16,21H,4-9H2,1-3H3;3,13-15H,1-2,4-11H2;3-6H2,1-2H3;2*1-2H3;1-2H2. The fourth-order valence-electron chi connectivity index (χ4n) is 8.11. The Morgan fingerprint density at radius 3 is 2.00 bits per heavy atom. The van der Waals surface area contributed by atoms with Crippen LogP contribution in [0.5, 0.6) is 0 Å². The van der Waals surface area contributed by atoms with E-state index in [1.807, 2.05) is 27.7 Å². The molecule has 1 aliphatic carbocycles. The van der Waals surface area contributed by atoms with Crippen LogP contribution in [-0.2, 0) is 12.8 Å². The number of nitrogens with zero attached hydrogens (tertiary/aromatic N) is 3. The summed E-state index contributed by atoms with van der Waals surface area (Å²) in [4.78, 5) is 9.93. The van der Waals surface area contributed by atoms with Gasteiger partial charge in [0.05, 0.1) is 5.69 Å². The Morgan fingerprint density at radius 2 is 1.45 bits per heavy atom. The second-order valence-corrected chi connectivity index (χ2v) is 15.7. The summed E-state index contributed by atoms with van der Waals surface area (Å²) in [6, 6.07) is 7.62. The quantitative estimate of drug-likeness (QED) is 0.213. The molecule has 1 N–H and O–H groups in total. The van der Waals surface area contributed by atoms with Crippen LogP contribution in [0.15, 0.2) is 67.0 Å². The van der Waals surface area contributed by atoms with E-state index < -0.39 is 0 Å². The van der Waals surface area contributed by atoms with Crippen molar-refractivity contribution in [2.45, 2.75) is 151 Å². The molecule has 3 fully saturated rings. The number of hydrogen-bond acceptors (Lipinski definition) is 4. The van der Waals surface area contributed by atoms with Crippen LogP contribution in [0.1, 0.15) is 152 Å². The summed E-state index contributed by atoms with van der Waals surface area (Å²) in [6.07, 6.45) is 20.8. The molecule has 3 aliphatic heterocycles. The lowest BCUT2D eigenvalue weighted by Gasteiger charge is -2.36. The molecule has 2 atom stereocenters. The Morgan fingerprint density at radius 1 is 0.868 bits per heavy atom. The van der Waals surface area contributed by atoms with Crippen molar-refractivity contribution in [1.29, 1.82) is 0 Å². The highest BCUT2D eigenvalue weighted by Gasteiger charge is 2.35. The number of hydrogen-bond donors (Lipinski definition) is 1. The topological polar surface area (TPSA) is 31.4 Å². The third kappa shape index (κ3) is 15.8. The minimum absolute atomic E-state index is 0.428. The first-order chi connectivity index (χ1) is 25.7. The SMILES string of the molecule is C=C.C=CCC1CCN(C(=C)C2CCCN2)CC1.CC.CC.CCCCCC.Cc1cnc2c(c1)CCc1cc(C)cc(Br)c1C2C1CCN(C)CC1. The van der Waals surface area contributed by atoms with Crippen LogP contribution in [0.4, 0.5) is 0 Å². The zero-order chi connectivity index (χ0) is 39.8. The number of halogens is 1. The van der Waals surface area contributed by atoms with Gasteiger partial charge in [-0.3, -0.25) is 4.98 Å². The fraction of sp³-hybridized carbons (Fsp3) is 0.646. The fourth-order valence-corrected chi connectivity index (χ4v) is 8.97. The van der Waals surface area contributed by atoms with Crippen LogP contribution < -0.4 is 5.32 Å². The summed E-state index contributed by atoms with van der Waals surface area (Å²) < 4.78 is 1.28. The molecule has 53 heavy (non-hydrogen) atoms. The first kappa shape index (κ1) is 48.8. The van der Waals surface area contributed by atoms with Gasteiger partial charge in [-0.2, -0.15) is 0 Å². The number of allylic oxidation sites excluding steroid dienone is 1. The van der Waals surface area contributed by atoms with Gasteiger partial charge < -0.3 is 15.1 Å². The predicted molar refractivity (Wildman–Crippen MR) is 240 cm³/mol. The van der Waals surface area contributed by atoms with E-state index in [1.54, 1.807) is 0 Å². The van der Waals surface area contributed by atoms with E-state index in [-0.39, 0.29) is 0 Å². The Labute approximate surface area is 337 Å². The number of unbranched alkanes of at least 4 members (excludes halogenated alkanes) is 3. The number of fused-ring (bicyclic) bond motifs is 2. The van der Waals surface area contributed by atoms with Crippen molar-refractivity contribution in [3.8, 4) is 0 Å². The lowest BCUT2D eigenvalue weighted by Crippen LogP contribution is -2.39. The second-order valence-electron chi connectivity index (χ2n) is 14.8. The van der Waals surface area contributed by atoms with Gasteiger partial charge in [-0.1, -0.05) is 108 Å². The maximum atomic E-state index is 4.98. The highest BCUT2D eigenvalue weighted by molar-refractivity contribution is 9.10. The normalized spacial score (nSPS) is 19.6. The molecule has 5 heteroatoms. The Bertz CT molecular complexity index is 1280. The molecule has 0 radical (unpaired) electrons. The number of likely N-dealkylation sites (tertiary alicyclic amines) is 2. The van der Waals surface area contributed by atoms with E-state index >= 15 is 0 Å². The van der Waals surface area contributed by atoms with Gasteiger partial charge >= 0.3 is 0 Å². The first-order valence-electron chi connectivity index (χ1n) is 21.5. The molecular weight excluding hydrogens is 712 g/mol. The zero-order valence-corrected chi connectivity index (χ0v) is 37.6. The number of pyridine rings is 1. The number of aryl methyl sites for hydroxylation is 4. The lowest BCUT2D eigenvalue weighted by atomic mass is 9.76. The van der Waals surface area contributed by atoms with Crippen molar-refractivity contribution in [1.82, 2.24) is 20.1 Å². The largest absolute Gasteiger partial charge is 0.374 e. The molecule has 4 aliphatic rings. The highest BCUT2D eigenvalue weighted by atomic mass is 79.9. The van der Waals surface area contributed by atoms with E-state index in [0.29, 0.717) is 17.9 Å². The molecule has 1 aromatic carbocycles. The second kappa shape index (κ2) is 28.2. The molecule has 1 aromatic heterocycles. The number of piperidine rings is 2. The van der Waals surface area contributed by atoms with E-state index in [0.717, 1.165) is 25.3 Å². The van der Waals surface area contributed by atoms with Crippen molar-refractivity contribution in [2.75, 3.05) is 39.8 Å². The van der Waals surface area contributed by atoms with Crippen molar-refractivity contribution in [3.05, 3.63) is 100 Å². The molecule has 4 nitrogen and oxygen atoms in total. The van der Waals surface area contributed by atoms with Gasteiger partial charge in [-0.25, -0.2) is 0 Å². The highest BCUT2D eigenvalue weighted by Crippen LogP contribution is 2.45. The first-order valence-corrected chi connectivity index (χ1v) is 22.3. The number of benzene rings is 1. The zero-order valence-electron chi connectivity index (χ0n) is 36.0. The third-order valence-corrected chi connectivity index (χ3v) is 11.6. The van der Waals surface area contributed by atoms with Gasteiger partial charge in [0.25, 0.3) is 0 Å². The van der Waals surface area contributed by atoms with E-state index in [9.17, 15) is 0 Å². The Kier molecular flexibility index (Phi) is 26.0. The molecule has 2 unspecified atom stereocenters. The molecule has 3 saturated heterocycles. The Hall–Kier alpha value is -2.21. The molecule has 0 spiro atoms. The number of aromatic nitrogens is 1.